The third kappa shape index (κ3) is 7.37. The zero-order valence-corrected chi connectivity index (χ0v) is 17.2. The Morgan fingerprint density at radius 3 is 2.46 bits per heavy atom. The first-order valence-electron chi connectivity index (χ1n) is 9.21. The lowest BCUT2D eigenvalue weighted by atomic mass is 10.2. The number of benzene rings is 2. The van der Waals surface area contributed by atoms with E-state index in [1.54, 1.807) is 48.5 Å². The van der Waals surface area contributed by atoms with Crippen molar-refractivity contribution in [1.29, 1.82) is 0 Å². The van der Waals surface area contributed by atoms with Crippen molar-refractivity contribution in [3.63, 3.8) is 0 Å². The maximum absolute atomic E-state index is 12.1. The van der Waals surface area contributed by atoms with E-state index in [0.717, 1.165) is 25.7 Å². The van der Waals surface area contributed by atoms with Crippen LogP contribution in [-0.2, 0) is 9.53 Å². The normalized spacial score (nSPS) is 10.8. The van der Waals surface area contributed by atoms with Gasteiger partial charge in [0.15, 0.2) is 0 Å². The van der Waals surface area contributed by atoms with Crippen molar-refractivity contribution in [2.75, 3.05) is 11.9 Å². The molecule has 28 heavy (non-hydrogen) atoms. The summed E-state index contributed by atoms with van der Waals surface area (Å²) in [6.07, 6.45) is 7.21. The quantitative estimate of drug-likeness (QED) is 0.291. The Morgan fingerprint density at radius 2 is 1.79 bits per heavy atom. The van der Waals surface area contributed by atoms with Crippen molar-refractivity contribution in [2.45, 2.75) is 32.6 Å². The smallest absolute Gasteiger partial charge is 0.338 e. The minimum absolute atomic E-state index is 0.308. The van der Waals surface area contributed by atoms with Crippen LogP contribution < -0.4 is 5.32 Å². The molecule has 4 nitrogen and oxygen atoms in total. The summed E-state index contributed by atoms with van der Waals surface area (Å²) in [5, 5.41) is 3.73. The summed E-state index contributed by atoms with van der Waals surface area (Å²) < 4.78 is 5.24. The second kappa shape index (κ2) is 11.5. The first kappa shape index (κ1) is 22.0. The molecule has 1 amide bonds. The molecule has 0 fully saturated rings. The van der Waals surface area contributed by atoms with Crippen LogP contribution in [-0.4, -0.2) is 18.5 Å². The second-order valence-electron chi connectivity index (χ2n) is 6.26. The zero-order chi connectivity index (χ0) is 20.4. The van der Waals surface area contributed by atoms with Crippen LogP contribution in [0, 0.1) is 0 Å². The average molecular weight is 420 g/mol. The van der Waals surface area contributed by atoms with E-state index in [2.05, 4.69) is 12.2 Å². The fourth-order valence-electron chi connectivity index (χ4n) is 2.45. The highest BCUT2D eigenvalue weighted by Crippen LogP contribution is 2.22. The van der Waals surface area contributed by atoms with Crippen LogP contribution in [0.5, 0.6) is 0 Å². The van der Waals surface area contributed by atoms with Gasteiger partial charge in [-0.1, -0.05) is 55.5 Å². The number of unbranched alkanes of at least 4 members (excludes halogenated alkanes) is 3. The first-order valence-corrected chi connectivity index (χ1v) is 9.96. The molecule has 148 valence electrons. The lowest BCUT2D eigenvalue weighted by molar-refractivity contribution is -0.111. The van der Waals surface area contributed by atoms with E-state index in [-0.39, 0.29) is 11.9 Å². The Bertz CT molecular complexity index is 832. The van der Waals surface area contributed by atoms with Gasteiger partial charge in [0, 0.05) is 21.8 Å². The molecule has 1 N–H and O–H groups in total. The highest BCUT2D eigenvalue weighted by atomic mass is 35.5. The zero-order valence-electron chi connectivity index (χ0n) is 15.7. The van der Waals surface area contributed by atoms with Gasteiger partial charge in [0.25, 0.3) is 0 Å². The number of esters is 1. The summed E-state index contributed by atoms with van der Waals surface area (Å²) in [4.78, 5) is 24.0. The van der Waals surface area contributed by atoms with Crippen molar-refractivity contribution < 1.29 is 14.3 Å². The Labute approximate surface area is 175 Å². The van der Waals surface area contributed by atoms with Gasteiger partial charge in [0.05, 0.1) is 12.2 Å². The Kier molecular flexibility index (Phi) is 9.05. The molecule has 2 aromatic rings. The van der Waals surface area contributed by atoms with Crippen molar-refractivity contribution in [1.82, 2.24) is 0 Å². The summed E-state index contributed by atoms with van der Waals surface area (Å²) in [6, 6.07) is 11.6. The fourth-order valence-corrected chi connectivity index (χ4v) is 2.92. The maximum atomic E-state index is 12.1. The van der Waals surface area contributed by atoms with Crippen molar-refractivity contribution in [3.8, 4) is 0 Å². The van der Waals surface area contributed by atoms with Crippen LogP contribution in [0.15, 0.2) is 48.5 Å². The monoisotopic (exact) mass is 419 g/mol. The van der Waals surface area contributed by atoms with E-state index in [1.807, 2.05) is 0 Å². The molecule has 2 aromatic carbocycles. The first-order chi connectivity index (χ1) is 13.5. The third-order valence-electron chi connectivity index (χ3n) is 4.00. The van der Waals surface area contributed by atoms with Crippen LogP contribution in [0.2, 0.25) is 10.0 Å². The number of carbonyl (C=O) groups is 2. The Morgan fingerprint density at radius 1 is 1.04 bits per heavy atom. The van der Waals surface area contributed by atoms with E-state index in [0.29, 0.717) is 33.5 Å². The molecule has 0 saturated carbocycles. The number of hydrogen-bond donors (Lipinski definition) is 1. The van der Waals surface area contributed by atoms with Crippen molar-refractivity contribution in [3.05, 3.63) is 69.7 Å². The summed E-state index contributed by atoms with van der Waals surface area (Å²) in [5.74, 6) is -0.663. The van der Waals surface area contributed by atoms with Gasteiger partial charge in [-0.25, -0.2) is 4.79 Å². The molecular formula is C22H23Cl2NO3. The largest absolute Gasteiger partial charge is 0.462 e. The van der Waals surface area contributed by atoms with E-state index in [4.69, 9.17) is 27.9 Å². The van der Waals surface area contributed by atoms with Gasteiger partial charge in [0.2, 0.25) is 5.91 Å². The van der Waals surface area contributed by atoms with Crippen LogP contribution in [0.25, 0.3) is 6.08 Å². The molecule has 0 bridgehead atoms. The van der Waals surface area contributed by atoms with Crippen molar-refractivity contribution in [2.24, 2.45) is 0 Å². The predicted octanol–water partition coefficient (Wildman–Crippen LogP) is 6.38. The molecule has 0 saturated heterocycles. The Hall–Kier alpha value is -2.30. The third-order valence-corrected chi connectivity index (χ3v) is 4.56. The molecule has 0 atom stereocenters. The van der Waals surface area contributed by atoms with Gasteiger partial charge in [-0.15, -0.1) is 0 Å². The number of amides is 1. The molecule has 0 aliphatic heterocycles. The van der Waals surface area contributed by atoms with Crippen LogP contribution in [0.1, 0.15) is 48.5 Å². The molecule has 0 heterocycles. The SMILES string of the molecule is CCCCCCOC(=O)c1ccc(NC(=O)/C=C/c2ccc(Cl)cc2Cl)cc1. The lowest BCUT2D eigenvalue weighted by Crippen LogP contribution is -2.09. The molecule has 0 aromatic heterocycles. The molecule has 0 spiro atoms. The van der Waals surface area contributed by atoms with Gasteiger partial charge in [0.1, 0.15) is 0 Å². The number of ether oxygens (including phenoxy) is 1. The molecule has 0 aliphatic rings. The standard InChI is InChI=1S/C22H23Cl2NO3/c1-2-3-4-5-14-28-22(27)17-7-11-19(12-8-17)25-21(26)13-9-16-6-10-18(23)15-20(16)24/h6-13,15H,2-5,14H2,1H3,(H,25,26)/b13-9+. The van der Waals surface area contributed by atoms with Gasteiger partial charge in [-0.3, -0.25) is 4.79 Å². The highest BCUT2D eigenvalue weighted by Gasteiger charge is 2.07. The van der Waals surface area contributed by atoms with Crippen molar-refractivity contribution >= 4 is 46.8 Å². The fraction of sp³-hybridized carbons (Fsp3) is 0.273. The van der Waals surface area contributed by atoms with E-state index in [1.165, 1.54) is 6.08 Å². The predicted molar refractivity (Wildman–Crippen MR) is 115 cm³/mol. The molecule has 0 radical (unpaired) electrons. The molecule has 2 rings (SSSR count). The van der Waals surface area contributed by atoms with Crippen LogP contribution in [0.3, 0.4) is 0 Å². The van der Waals surface area contributed by atoms with E-state index < -0.39 is 0 Å². The minimum Gasteiger partial charge on any atom is -0.462 e. The van der Waals surface area contributed by atoms with E-state index >= 15 is 0 Å². The van der Waals surface area contributed by atoms with E-state index in [9.17, 15) is 9.59 Å². The number of anilines is 1. The number of carbonyl (C=O) groups excluding carboxylic acids is 2. The number of halogens is 2. The minimum atomic E-state index is -0.355. The van der Waals surface area contributed by atoms with Crippen LogP contribution in [0.4, 0.5) is 5.69 Å². The average Bonchev–Trinajstić information content (AvgIpc) is 2.67. The maximum Gasteiger partial charge on any atom is 0.338 e. The summed E-state index contributed by atoms with van der Waals surface area (Å²) in [5.41, 5.74) is 1.73. The topological polar surface area (TPSA) is 55.4 Å². The van der Waals surface area contributed by atoms with Gasteiger partial charge < -0.3 is 10.1 Å². The second-order valence-corrected chi connectivity index (χ2v) is 7.11. The van der Waals surface area contributed by atoms with Gasteiger partial charge in [-0.05, 0) is 54.5 Å². The van der Waals surface area contributed by atoms with Crippen LogP contribution >= 0.6 is 23.2 Å². The highest BCUT2D eigenvalue weighted by molar-refractivity contribution is 6.35. The summed E-state index contributed by atoms with van der Waals surface area (Å²) >= 11 is 11.9. The number of rotatable bonds is 9. The van der Waals surface area contributed by atoms with Gasteiger partial charge >= 0.3 is 5.97 Å². The van der Waals surface area contributed by atoms with Gasteiger partial charge in [-0.2, -0.15) is 0 Å². The number of nitrogens with one attached hydrogen (secondary N) is 1. The molecular weight excluding hydrogens is 397 g/mol. The molecule has 6 heteroatoms. The number of hydrogen-bond acceptors (Lipinski definition) is 3. The summed E-state index contributed by atoms with van der Waals surface area (Å²) in [6.45, 7) is 2.56. The molecule has 0 aliphatic carbocycles. The summed E-state index contributed by atoms with van der Waals surface area (Å²) in [7, 11) is 0. The Balaban J connectivity index is 1.85. The lowest BCUT2D eigenvalue weighted by Gasteiger charge is -2.06. The molecule has 0 unspecified atom stereocenters.